The molecular weight excluding hydrogens is 426 g/mol. The highest BCUT2D eigenvalue weighted by atomic mass is 16.3. The Morgan fingerprint density at radius 1 is 1.12 bits per heavy atom. The number of hydrogen-bond acceptors (Lipinski definition) is 5. The average molecular weight is 458 g/mol. The Bertz CT molecular complexity index is 1340. The van der Waals surface area contributed by atoms with Crippen molar-refractivity contribution in [1.29, 1.82) is 0 Å². The zero-order valence-electron chi connectivity index (χ0n) is 20.3. The second-order valence-corrected chi connectivity index (χ2v) is 9.56. The summed E-state index contributed by atoms with van der Waals surface area (Å²) in [5.74, 6) is 1.87. The van der Waals surface area contributed by atoms with Crippen LogP contribution in [0.2, 0.25) is 0 Å². The van der Waals surface area contributed by atoms with E-state index in [1.165, 1.54) is 5.56 Å². The first kappa shape index (κ1) is 22.3. The lowest BCUT2D eigenvalue weighted by Gasteiger charge is -2.40. The molecule has 1 aliphatic rings. The van der Waals surface area contributed by atoms with Gasteiger partial charge in [-0.15, -0.1) is 0 Å². The number of amides is 1. The van der Waals surface area contributed by atoms with E-state index in [0.717, 1.165) is 54.0 Å². The monoisotopic (exact) mass is 457 g/mol. The SMILES string of the molecule is Cc1ccc(-n2cnc(C)n2)c(C(=O)N2CCC[C@@H](C)[C@H]2CCc2nc3cc(C)ccc3o2)c1. The van der Waals surface area contributed by atoms with Crippen molar-refractivity contribution in [2.45, 2.75) is 59.4 Å². The quantitative estimate of drug-likeness (QED) is 0.411. The van der Waals surface area contributed by atoms with Gasteiger partial charge in [-0.05, 0) is 75.8 Å². The van der Waals surface area contributed by atoms with Crippen molar-refractivity contribution in [1.82, 2.24) is 24.6 Å². The van der Waals surface area contributed by atoms with Crippen molar-refractivity contribution in [2.24, 2.45) is 5.92 Å². The van der Waals surface area contributed by atoms with Crippen LogP contribution in [0, 0.1) is 26.7 Å². The van der Waals surface area contributed by atoms with Gasteiger partial charge in [-0.1, -0.05) is 24.6 Å². The molecule has 5 rings (SSSR count). The van der Waals surface area contributed by atoms with E-state index in [1.807, 2.05) is 50.2 Å². The smallest absolute Gasteiger partial charge is 0.256 e. The Morgan fingerprint density at radius 3 is 2.71 bits per heavy atom. The van der Waals surface area contributed by atoms with Gasteiger partial charge in [0, 0.05) is 19.0 Å². The largest absolute Gasteiger partial charge is 0.441 e. The van der Waals surface area contributed by atoms with E-state index >= 15 is 0 Å². The van der Waals surface area contributed by atoms with Crippen molar-refractivity contribution in [3.63, 3.8) is 0 Å². The molecule has 3 heterocycles. The maximum atomic E-state index is 13.9. The van der Waals surface area contributed by atoms with Gasteiger partial charge in [0.05, 0.1) is 11.3 Å². The molecule has 176 valence electrons. The van der Waals surface area contributed by atoms with Crippen molar-refractivity contribution < 1.29 is 9.21 Å². The molecule has 34 heavy (non-hydrogen) atoms. The molecule has 4 aromatic rings. The fourth-order valence-corrected chi connectivity index (χ4v) is 5.04. The molecule has 0 aliphatic carbocycles. The predicted octanol–water partition coefficient (Wildman–Crippen LogP) is 5.21. The minimum atomic E-state index is 0.0524. The summed E-state index contributed by atoms with van der Waals surface area (Å²) in [5.41, 5.74) is 5.36. The van der Waals surface area contributed by atoms with Crippen molar-refractivity contribution in [2.75, 3.05) is 6.54 Å². The zero-order chi connectivity index (χ0) is 23.8. The highest BCUT2D eigenvalue weighted by Gasteiger charge is 2.33. The van der Waals surface area contributed by atoms with Crippen LogP contribution >= 0.6 is 0 Å². The molecule has 0 radical (unpaired) electrons. The van der Waals surface area contributed by atoms with E-state index < -0.39 is 0 Å². The lowest BCUT2D eigenvalue weighted by Crippen LogP contribution is -2.48. The minimum absolute atomic E-state index is 0.0524. The number of aromatic nitrogens is 4. The second kappa shape index (κ2) is 9.05. The summed E-state index contributed by atoms with van der Waals surface area (Å²) < 4.78 is 7.69. The van der Waals surface area contributed by atoms with Gasteiger partial charge in [0.2, 0.25) is 0 Å². The number of rotatable bonds is 5. The van der Waals surface area contributed by atoms with Crippen LogP contribution in [0.3, 0.4) is 0 Å². The normalized spacial score (nSPS) is 18.5. The van der Waals surface area contributed by atoms with E-state index in [2.05, 4.69) is 28.8 Å². The van der Waals surface area contributed by atoms with Crippen molar-refractivity contribution in [3.05, 3.63) is 71.1 Å². The molecule has 0 spiro atoms. The standard InChI is InChI=1S/C27H31N5O2/c1-17-7-9-24(32-16-28-20(4)30-32)21(14-17)27(33)31-13-5-6-19(3)23(31)10-12-26-29-22-15-18(2)8-11-25(22)34-26/h7-9,11,14-16,19,23H,5-6,10,12-13H2,1-4H3/t19-,23-/m1/s1. The molecular formula is C27H31N5O2. The lowest BCUT2D eigenvalue weighted by atomic mass is 9.87. The van der Waals surface area contributed by atoms with Crippen LogP contribution in [0.25, 0.3) is 16.8 Å². The summed E-state index contributed by atoms with van der Waals surface area (Å²) in [6.07, 6.45) is 5.32. The number of nitrogens with zero attached hydrogens (tertiary/aromatic N) is 5. The topological polar surface area (TPSA) is 77.1 Å². The molecule has 2 atom stereocenters. The zero-order valence-corrected chi connectivity index (χ0v) is 20.3. The number of aryl methyl sites for hydroxylation is 4. The molecule has 2 aromatic heterocycles. The number of hydrogen-bond donors (Lipinski definition) is 0. The van der Waals surface area contributed by atoms with E-state index in [-0.39, 0.29) is 11.9 Å². The molecule has 0 N–H and O–H groups in total. The number of benzene rings is 2. The Balaban J connectivity index is 1.41. The van der Waals surface area contributed by atoms with Crippen molar-refractivity contribution >= 4 is 17.0 Å². The fourth-order valence-electron chi connectivity index (χ4n) is 5.04. The van der Waals surface area contributed by atoms with E-state index in [1.54, 1.807) is 11.0 Å². The third kappa shape index (κ3) is 4.34. The highest BCUT2D eigenvalue weighted by molar-refractivity contribution is 5.98. The fraction of sp³-hybridized carbons (Fsp3) is 0.407. The third-order valence-electron chi connectivity index (χ3n) is 6.85. The third-order valence-corrected chi connectivity index (χ3v) is 6.85. The molecule has 1 saturated heterocycles. The number of fused-ring (bicyclic) bond motifs is 1. The predicted molar refractivity (Wildman–Crippen MR) is 131 cm³/mol. The molecule has 1 amide bonds. The van der Waals surface area contributed by atoms with Crippen molar-refractivity contribution in [3.8, 4) is 5.69 Å². The number of likely N-dealkylation sites (tertiary alicyclic amines) is 1. The minimum Gasteiger partial charge on any atom is -0.441 e. The molecule has 7 heteroatoms. The summed E-state index contributed by atoms with van der Waals surface area (Å²) >= 11 is 0. The lowest BCUT2D eigenvalue weighted by molar-refractivity contribution is 0.0496. The van der Waals surface area contributed by atoms with E-state index in [0.29, 0.717) is 23.7 Å². The van der Waals surface area contributed by atoms with Gasteiger partial charge < -0.3 is 9.32 Å². The molecule has 1 fully saturated rings. The maximum absolute atomic E-state index is 13.9. The van der Waals surface area contributed by atoms with E-state index in [4.69, 9.17) is 9.40 Å². The molecule has 0 unspecified atom stereocenters. The summed E-state index contributed by atoms with van der Waals surface area (Å²) in [5, 5.41) is 4.45. The Morgan fingerprint density at radius 2 is 1.91 bits per heavy atom. The van der Waals surface area contributed by atoms with E-state index in [9.17, 15) is 4.79 Å². The first-order valence-electron chi connectivity index (χ1n) is 12.1. The second-order valence-electron chi connectivity index (χ2n) is 9.56. The molecule has 0 saturated carbocycles. The molecule has 2 aromatic carbocycles. The highest BCUT2D eigenvalue weighted by Crippen LogP contribution is 2.30. The van der Waals surface area contributed by atoms with Crippen LogP contribution in [-0.4, -0.2) is 43.1 Å². The molecule has 7 nitrogen and oxygen atoms in total. The number of carbonyl (C=O) groups excluding carboxylic acids is 1. The van der Waals surface area contributed by atoms with Crippen LogP contribution in [0.4, 0.5) is 0 Å². The van der Waals surface area contributed by atoms with Gasteiger partial charge in [0.1, 0.15) is 17.7 Å². The Hall–Kier alpha value is -3.48. The van der Waals surface area contributed by atoms with Crippen LogP contribution in [0.15, 0.2) is 47.1 Å². The van der Waals surface area contributed by atoms with Gasteiger partial charge in [0.15, 0.2) is 11.5 Å². The average Bonchev–Trinajstić information content (AvgIpc) is 3.43. The number of carbonyl (C=O) groups is 1. The van der Waals surface area contributed by atoms with Gasteiger partial charge >= 0.3 is 0 Å². The van der Waals surface area contributed by atoms with Gasteiger partial charge in [-0.25, -0.2) is 14.6 Å². The summed E-state index contributed by atoms with van der Waals surface area (Å²) in [4.78, 5) is 24.9. The Kier molecular flexibility index (Phi) is 5.94. The van der Waals surface area contributed by atoms with Gasteiger partial charge in [-0.2, -0.15) is 5.10 Å². The summed E-state index contributed by atoms with van der Waals surface area (Å²) in [6.45, 7) is 8.92. The molecule has 1 aliphatic heterocycles. The van der Waals surface area contributed by atoms with Crippen LogP contribution in [0.5, 0.6) is 0 Å². The van der Waals surface area contributed by atoms with Crippen LogP contribution in [-0.2, 0) is 6.42 Å². The van der Waals surface area contributed by atoms with Crippen LogP contribution < -0.4 is 0 Å². The maximum Gasteiger partial charge on any atom is 0.256 e. The number of piperidine rings is 1. The summed E-state index contributed by atoms with van der Waals surface area (Å²) in [7, 11) is 0. The van der Waals surface area contributed by atoms with Gasteiger partial charge in [-0.3, -0.25) is 4.79 Å². The first-order chi connectivity index (χ1) is 16.4. The van der Waals surface area contributed by atoms with Crippen LogP contribution in [0.1, 0.15) is 59.4 Å². The summed E-state index contributed by atoms with van der Waals surface area (Å²) in [6, 6.07) is 12.1. The molecule has 0 bridgehead atoms. The Labute approximate surface area is 199 Å². The number of oxazole rings is 1. The first-order valence-corrected chi connectivity index (χ1v) is 12.1. The van der Waals surface area contributed by atoms with Gasteiger partial charge in [0.25, 0.3) is 5.91 Å².